The highest BCUT2D eigenvalue weighted by Crippen LogP contribution is 2.24. The van der Waals surface area contributed by atoms with Crippen molar-refractivity contribution in [3.63, 3.8) is 0 Å². The van der Waals surface area contributed by atoms with Gasteiger partial charge in [0.15, 0.2) is 10.9 Å². The Hall–Kier alpha value is -2.94. The molecule has 0 fully saturated rings. The first-order valence-electron chi connectivity index (χ1n) is 10.2. The second kappa shape index (κ2) is 10.4. The molecule has 1 amide bonds. The third-order valence-electron chi connectivity index (χ3n) is 4.60. The normalized spacial score (nSPS) is 11.0. The number of methoxy groups -OCH3 is 1. The zero-order valence-corrected chi connectivity index (χ0v) is 19.4. The Labute approximate surface area is 186 Å². The fourth-order valence-electron chi connectivity index (χ4n) is 2.99. The second-order valence-corrected chi connectivity index (χ2v) is 8.60. The summed E-state index contributed by atoms with van der Waals surface area (Å²) in [7, 11) is 1.62. The molecular formula is C22H28N6O2S. The number of nitrogens with one attached hydrogen (secondary N) is 1. The summed E-state index contributed by atoms with van der Waals surface area (Å²) in [5.74, 6) is 1.48. The van der Waals surface area contributed by atoms with Crippen molar-refractivity contribution in [2.45, 2.75) is 45.0 Å². The third kappa shape index (κ3) is 6.04. The Balaban J connectivity index is 1.89. The smallest absolute Gasteiger partial charge is 0.273 e. The number of hydrogen-bond acceptors (Lipinski definition) is 7. The predicted octanol–water partition coefficient (Wildman–Crippen LogP) is 3.75. The van der Waals surface area contributed by atoms with Crippen molar-refractivity contribution in [3.8, 4) is 11.4 Å². The Morgan fingerprint density at radius 2 is 1.84 bits per heavy atom. The molecule has 31 heavy (non-hydrogen) atoms. The lowest BCUT2D eigenvalue weighted by Gasteiger charge is -2.10. The lowest BCUT2D eigenvalue weighted by Crippen LogP contribution is -2.26. The summed E-state index contributed by atoms with van der Waals surface area (Å²) < 4.78 is 6.93. The van der Waals surface area contributed by atoms with Crippen molar-refractivity contribution in [2.75, 3.05) is 13.7 Å². The number of benzene rings is 1. The quantitative estimate of drug-likeness (QED) is 0.400. The minimum absolute atomic E-state index is 0.225. The van der Waals surface area contributed by atoms with Gasteiger partial charge in [0.25, 0.3) is 5.91 Å². The van der Waals surface area contributed by atoms with E-state index in [4.69, 9.17) is 4.74 Å². The number of aromatic nitrogens is 5. The molecule has 0 saturated carbocycles. The molecule has 8 nitrogen and oxygen atoms in total. The summed E-state index contributed by atoms with van der Waals surface area (Å²) in [4.78, 5) is 21.8. The molecule has 0 spiro atoms. The van der Waals surface area contributed by atoms with Crippen LogP contribution in [0.1, 0.15) is 47.8 Å². The highest BCUT2D eigenvalue weighted by Gasteiger charge is 2.21. The summed E-state index contributed by atoms with van der Waals surface area (Å²) in [6.07, 6.45) is 0.902. The van der Waals surface area contributed by atoms with Gasteiger partial charge in [-0.3, -0.25) is 4.79 Å². The molecule has 0 aliphatic rings. The van der Waals surface area contributed by atoms with Crippen LogP contribution >= 0.6 is 11.8 Å². The molecule has 3 aromatic rings. The van der Waals surface area contributed by atoms with Crippen LogP contribution in [0.3, 0.4) is 0 Å². The molecule has 2 heterocycles. The zero-order chi connectivity index (χ0) is 22.4. The molecule has 2 aromatic heterocycles. The molecule has 0 unspecified atom stereocenters. The van der Waals surface area contributed by atoms with E-state index in [2.05, 4.69) is 39.4 Å². The molecule has 164 valence electrons. The van der Waals surface area contributed by atoms with Crippen LogP contribution in [-0.4, -0.2) is 44.5 Å². The average molecular weight is 441 g/mol. The SMILES string of the molecule is COc1ccc(-n2nnc(C(=O)NCCC(C)C)c2CSc2nc(C)cc(C)n2)cc1. The van der Waals surface area contributed by atoms with E-state index in [1.54, 1.807) is 11.8 Å². The van der Waals surface area contributed by atoms with Gasteiger partial charge in [-0.05, 0) is 56.5 Å². The lowest BCUT2D eigenvalue weighted by atomic mass is 10.1. The fourth-order valence-corrected chi connectivity index (χ4v) is 3.93. The van der Waals surface area contributed by atoms with Crippen molar-refractivity contribution < 1.29 is 9.53 Å². The van der Waals surface area contributed by atoms with E-state index in [-0.39, 0.29) is 5.91 Å². The van der Waals surface area contributed by atoms with Crippen molar-refractivity contribution in [1.29, 1.82) is 0 Å². The first-order chi connectivity index (χ1) is 14.9. The molecule has 0 radical (unpaired) electrons. The summed E-state index contributed by atoms with van der Waals surface area (Å²) >= 11 is 1.46. The lowest BCUT2D eigenvalue weighted by molar-refractivity contribution is 0.0946. The van der Waals surface area contributed by atoms with Crippen LogP contribution < -0.4 is 10.1 Å². The van der Waals surface area contributed by atoms with Gasteiger partial charge in [-0.25, -0.2) is 14.6 Å². The third-order valence-corrected chi connectivity index (χ3v) is 5.46. The molecule has 0 aliphatic carbocycles. The maximum Gasteiger partial charge on any atom is 0.273 e. The number of hydrogen-bond donors (Lipinski definition) is 1. The van der Waals surface area contributed by atoms with E-state index in [1.165, 1.54) is 11.8 Å². The van der Waals surface area contributed by atoms with Crippen LogP contribution in [0.4, 0.5) is 0 Å². The first kappa shape index (κ1) is 22.7. The molecule has 0 bridgehead atoms. The monoisotopic (exact) mass is 440 g/mol. The van der Waals surface area contributed by atoms with Crippen LogP contribution in [-0.2, 0) is 5.75 Å². The van der Waals surface area contributed by atoms with Gasteiger partial charge in [0.1, 0.15) is 5.75 Å². The summed E-state index contributed by atoms with van der Waals surface area (Å²) in [6.45, 7) is 8.72. The fraction of sp³-hybridized carbons (Fsp3) is 0.409. The summed E-state index contributed by atoms with van der Waals surface area (Å²) in [5.41, 5.74) is 3.62. The van der Waals surface area contributed by atoms with Gasteiger partial charge in [0.05, 0.1) is 18.5 Å². The average Bonchev–Trinajstić information content (AvgIpc) is 3.15. The van der Waals surface area contributed by atoms with Gasteiger partial charge in [0, 0.05) is 23.7 Å². The van der Waals surface area contributed by atoms with Crippen LogP contribution in [0, 0.1) is 19.8 Å². The molecule has 0 atom stereocenters. The van der Waals surface area contributed by atoms with Crippen LogP contribution in [0.25, 0.3) is 5.69 Å². The largest absolute Gasteiger partial charge is 0.497 e. The van der Waals surface area contributed by atoms with E-state index >= 15 is 0 Å². The van der Waals surface area contributed by atoms with Crippen molar-refractivity contribution in [1.82, 2.24) is 30.3 Å². The van der Waals surface area contributed by atoms with Gasteiger partial charge in [-0.2, -0.15) is 0 Å². The number of carbonyl (C=O) groups is 1. The van der Waals surface area contributed by atoms with Gasteiger partial charge < -0.3 is 10.1 Å². The molecule has 1 N–H and O–H groups in total. The first-order valence-corrected chi connectivity index (χ1v) is 11.2. The summed E-state index contributed by atoms with van der Waals surface area (Å²) in [6, 6.07) is 9.40. The maximum atomic E-state index is 12.8. The van der Waals surface area contributed by atoms with E-state index in [0.29, 0.717) is 34.8 Å². The summed E-state index contributed by atoms with van der Waals surface area (Å²) in [5, 5.41) is 12.1. The number of rotatable bonds is 9. The Kier molecular flexibility index (Phi) is 7.62. The Bertz CT molecular complexity index is 1010. The minimum atomic E-state index is -0.225. The number of aryl methyl sites for hydroxylation is 2. The highest BCUT2D eigenvalue weighted by atomic mass is 32.2. The molecular weight excluding hydrogens is 412 g/mol. The van der Waals surface area contributed by atoms with E-state index < -0.39 is 0 Å². The predicted molar refractivity (Wildman–Crippen MR) is 121 cm³/mol. The number of nitrogens with zero attached hydrogens (tertiary/aromatic N) is 5. The van der Waals surface area contributed by atoms with Crippen LogP contribution in [0.2, 0.25) is 0 Å². The highest BCUT2D eigenvalue weighted by molar-refractivity contribution is 7.98. The van der Waals surface area contributed by atoms with E-state index in [9.17, 15) is 4.79 Å². The number of carbonyl (C=O) groups excluding carboxylic acids is 1. The van der Waals surface area contributed by atoms with E-state index in [0.717, 1.165) is 29.2 Å². The van der Waals surface area contributed by atoms with Gasteiger partial charge in [-0.1, -0.05) is 30.8 Å². The molecule has 9 heteroatoms. The van der Waals surface area contributed by atoms with Gasteiger partial charge in [-0.15, -0.1) is 5.10 Å². The Morgan fingerprint density at radius 3 is 2.45 bits per heavy atom. The standard InChI is InChI=1S/C22H28N6O2S/c1-14(2)10-11-23-21(29)20-19(13-31-22-24-15(3)12-16(4)25-22)28(27-26-20)17-6-8-18(30-5)9-7-17/h6-9,12,14H,10-11,13H2,1-5H3,(H,23,29). The second-order valence-electron chi connectivity index (χ2n) is 7.65. The molecule has 0 saturated heterocycles. The Morgan fingerprint density at radius 1 is 1.16 bits per heavy atom. The molecule has 3 rings (SSSR count). The zero-order valence-electron chi connectivity index (χ0n) is 18.5. The molecule has 0 aliphatic heterocycles. The number of ether oxygens (including phenoxy) is 1. The minimum Gasteiger partial charge on any atom is -0.497 e. The van der Waals surface area contributed by atoms with Gasteiger partial charge in [0.2, 0.25) is 0 Å². The molecule has 1 aromatic carbocycles. The number of thioether (sulfide) groups is 1. The van der Waals surface area contributed by atoms with Crippen LogP contribution in [0.5, 0.6) is 5.75 Å². The van der Waals surface area contributed by atoms with Crippen molar-refractivity contribution >= 4 is 17.7 Å². The van der Waals surface area contributed by atoms with E-state index in [1.807, 2.05) is 44.2 Å². The number of amides is 1. The maximum absolute atomic E-state index is 12.8. The van der Waals surface area contributed by atoms with Crippen molar-refractivity contribution in [3.05, 3.63) is 53.1 Å². The van der Waals surface area contributed by atoms with Gasteiger partial charge >= 0.3 is 0 Å². The van der Waals surface area contributed by atoms with Crippen LogP contribution in [0.15, 0.2) is 35.5 Å². The topological polar surface area (TPSA) is 94.8 Å². The van der Waals surface area contributed by atoms with Crippen molar-refractivity contribution in [2.24, 2.45) is 5.92 Å².